The van der Waals surface area contributed by atoms with E-state index < -0.39 is 5.41 Å². The second kappa shape index (κ2) is 5.73. The van der Waals surface area contributed by atoms with Gasteiger partial charge in [-0.15, -0.1) is 0 Å². The third-order valence-electron chi connectivity index (χ3n) is 6.22. The maximum absolute atomic E-state index is 13.2. The molecule has 0 aromatic heterocycles. The Kier molecular flexibility index (Phi) is 4.42. The van der Waals surface area contributed by atoms with Gasteiger partial charge in [0, 0.05) is 22.0 Å². The van der Waals surface area contributed by atoms with Gasteiger partial charge in [0.05, 0.1) is 16.3 Å². The highest BCUT2D eigenvalue weighted by atomic mass is 79.9. The zero-order valence-corrected chi connectivity index (χ0v) is 18.1. The average molecular weight is 510 g/mol. The molecule has 3 unspecified atom stereocenters. The Morgan fingerprint density at radius 1 is 1.35 bits per heavy atom. The molecule has 3 atom stereocenters. The van der Waals surface area contributed by atoms with E-state index in [9.17, 15) is 4.79 Å². The maximum atomic E-state index is 13.2. The summed E-state index contributed by atoms with van der Waals surface area (Å²) < 4.78 is 5.42. The highest BCUT2D eigenvalue weighted by Gasteiger charge is 2.83. The average Bonchev–Trinajstić information content (AvgIpc) is 2.97. The highest BCUT2D eigenvalue weighted by molar-refractivity contribution is 9.24. The summed E-state index contributed by atoms with van der Waals surface area (Å²) in [6.45, 7) is 4.41. The van der Waals surface area contributed by atoms with Crippen LogP contribution in [0.15, 0.2) is 24.3 Å². The Balaban J connectivity index is 1.88. The molecule has 3 aliphatic carbocycles. The molecule has 2 bridgehead atoms. The fourth-order valence-electron chi connectivity index (χ4n) is 4.64. The molecule has 1 amide bonds. The number of rotatable bonds is 4. The first-order chi connectivity index (χ1) is 10.7. The van der Waals surface area contributed by atoms with Crippen LogP contribution in [0.5, 0.6) is 5.75 Å². The van der Waals surface area contributed by atoms with Crippen molar-refractivity contribution in [3.63, 3.8) is 0 Å². The van der Waals surface area contributed by atoms with Crippen LogP contribution in [0.25, 0.3) is 0 Å². The number of ether oxygens (including phenoxy) is 1. The molecule has 0 spiro atoms. The van der Waals surface area contributed by atoms with Gasteiger partial charge < -0.3 is 10.1 Å². The van der Waals surface area contributed by atoms with E-state index in [2.05, 4.69) is 67.0 Å². The lowest BCUT2D eigenvalue weighted by atomic mass is 9.43. The molecule has 4 rings (SSSR count). The molecule has 0 radical (unpaired) electrons. The zero-order valence-electron chi connectivity index (χ0n) is 13.3. The lowest BCUT2D eigenvalue weighted by molar-refractivity contribution is -0.155. The van der Waals surface area contributed by atoms with E-state index in [-0.39, 0.29) is 25.3 Å². The van der Waals surface area contributed by atoms with Crippen LogP contribution in [-0.4, -0.2) is 21.6 Å². The van der Waals surface area contributed by atoms with Gasteiger partial charge in [-0.1, -0.05) is 67.7 Å². The number of benzene rings is 1. The molecule has 1 aromatic carbocycles. The van der Waals surface area contributed by atoms with Crippen molar-refractivity contribution in [1.29, 1.82) is 0 Å². The van der Waals surface area contributed by atoms with E-state index in [1.807, 2.05) is 24.3 Å². The summed E-state index contributed by atoms with van der Waals surface area (Å²) in [5.41, 5.74) is 0.321. The lowest BCUT2D eigenvalue weighted by Crippen LogP contribution is -2.71. The van der Waals surface area contributed by atoms with Crippen LogP contribution in [0.3, 0.4) is 0 Å². The van der Waals surface area contributed by atoms with E-state index in [0.717, 1.165) is 24.3 Å². The van der Waals surface area contributed by atoms with Gasteiger partial charge >= 0.3 is 0 Å². The van der Waals surface area contributed by atoms with E-state index in [1.165, 1.54) is 0 Å². The number of amides is 1. The molecule has 0 aliphatic heterocycles. The molecule has 126 valence electrons. The minimum Gasteiger partial charge on any atom is -0.497 e. The molecule has 3 nitrogen and oxygen atoms in total. The molecule has 3 fully saturated rings. The first-order valence-corrected chi connectivity index (χ1v) is 10.4. The van der Waals surface area contributed by atoms with Gasteiger partial charge in [0.1, 0.15) is 5.75 Å². The van der Waals surface area contributed by atoms with Crippen molar-refractivity contribution in [2.75, 3.05) is 12.4 Å². The third-order valence-corrected chi connectivity index (χ3v) is 9.45. The Labute approximate surface area is 162 Å². The maximum Gasteiger partial charge on any atom is 0.232 e. The van der Waals surface area contributed by atoms with E-state index >= 15 is 0 Å². The summed E-state index contributed by atoms with van der Waals surface area (Å²) in [4.78, 5) is 13.3. The van der Waals surface area contributed by atoms with Crippen LogP contribution in [0.1, 0.15) is 26.7 Å². The van der Waals surface area contributed by atoms with Crippen LogP contribution >= 0.6 is 47.8 Å². The van der Waals surface area contributed by atoms with Gasteiger partial charge in [0.2, 0.25) is 5.91 Å². The number of halogens is 3. The second-order valence-corrected chi connectivity index (χ2v) is 11.0. The molecule has 0 heterocycles. The van der Waals surface area contributed by atoms with Gasteiger partial charge in [-0.05, 0) is 30.4 Å². The SMILES string of the molecule is COc1cccc(NC(=O)C23CCC(C(Br)Br)(C2Br)C3(C)C)c1. The van der Waals surface area contributed by atoms with Gasteiger partial charge in [0.15, 0.2) is 0 Å². The minimum absolute atomic E-state index is 0.0404. The summed E-state index contributed by atoms with van der Waals surface area (Å²) >= 11 is 11.3. The summed E-state index contributed by atoms with van der Waals surface area (Å²) in [7, 11) is 1.63. The summed E-state index contributed by atoms with van der Waals surface area (Å²) in [5, 5.41) is 3.10. The van der Waals surface area contributed by atoms with Crippen LogP contribution in [0.4, 0.5) is 5.69 Å². The van der Waals surface area contributed by atoms with Crippen molar-refractivity contribution in [1.82, 2.24) is 0 Å². The number of fused-ring (bicyclic) bond motifs is 1. The Bertz CT molecular complexity index is 648. The first-order valence-electron chi connectivity index (χ1n) is 7.62. The van der Waals surface area contributed by atoms with E-state index in [1.54, 1.807) is 7.11 Å². The fourth-order valence-corrected chi connectivity index (χ4v) is 9.56. The molecular formula is C17H20Br3NO2. The number of alkyl halides is 3. The van der Waals surface area contributed by atoms with Crippen LogP contribution < -0.4 is 10.1 Å². The summed E-state index contributed by atoms with van der Waals surface area (Å²) in [5.74, 6) is 0.830. The summed E-state index contributed by atoms with van der Waals surface area (Å²) in [6, 6.07) is 7.50. The van der Waals surface area contributed by atoms with Gasteiger partial charge in [-0.3, -0.25) is 4.79 Å². The van der Waals surface area contributed by atoms with Gasteiger partial charge in [-0.2, -0.15) is 0 Å². The fraction of sp³-hybridized carbons (Fsp3) is 0.588. The highest BCUT2D eigenvalue weighted by Crippen LogP contribution is 2.82. The first kappa shape index (κ1) is 17.7. The normalized spacial score (nSPS) is 34.1. The largest absolute Gasteiger partial charge is 0.497 e. The van der Waals surface area contributed by atoms with Crippen molar-refractivity contribution < 1.29 is 9.53 Å². The second-order valence-electron chi connectivity index (χ2n) is 6.99. The monoisotopic (exact) mass is 507 g/mol. The van der Waals surface area contributed by atoms with E-state index in [0.29, 0.717) is 0 Å². The standard InChI is InChI=1S/C17H20Br3NO2/c1-15(2)16(13(19)20)7-8-17(15,12(16)18)14(22)21-10-5-4-6-11(9-10)23-3/h4-6,9,12-13H,7-8H2,1-3H3,(H,21,22). The quantitative estimate of drug-likeness (QED) is 0.558. The molecule has 0 saturated heterocycles. The van der Waals surface area contributed by atoms with Gasteiger partial charge in [-0.25, -0.2) is 0 Å². The van der Waals surface area contributed by atoms with E-state index in [4.69, 9.17) is 4.74 Å². The Morgan fingerprint density at radius 3 is 2.57 bits per heavy atom. The van der Waals surface area contributed by atoms with Crippen molar-refractivity contribution in [3.05, 3.63) is 24.3 Å². The van der Waals surface area contributed by atoms with Gasteiger partial charge in [0.25, 0.3) is 0 Å². The molecule has 23 heavy (non-hydrogen) atoms. The smallest absolute Gasteiger partial charge is 0.232 e. The predicted octanol–water partition coefficient (Wildman–Crippen LogP) is 5.32. The van der Waals surface area contributed by atoms with Crippen LogP contribution in [-0.2, 0) is 4.79 Å². The Morgan fingerprint density at radius 2 is 2.04 bits per heavy atom. The number of methoxy groups -OCH3 is 1. The lowest BCUT2D eigenvalue weighted by Gasteiger charge is -2.66. The third kappa shape index (κ3) is 2.07. The van der Waals surface area contributed by atoms with Crippen LogP contribution in [0.2, 0.25) is 0 Å². The van der Waals surface area contributed by atoms with Crippen molar-refractivity contribution in [2.24, 2.45) is 16.2 Å². The number of carbonyl (C=O) groups is 1. The summed E-state index contributed by atoms with van der Waals surface area (Å²) in [6.07, 6.45) is 1.90. The molecule has 1 N–H and O–H groups in total. The van der Waals surface area contributed by atoms with Crippen molar-refractivity contribution in [2.45, 2.75) is 35.3 Å². The molecular weight excluding hydrogens is 490 g/mol. The minimum atomic E-state index is -0.393. The topological polar surface area (TPSA) is 38.3 Å². The van der Waals surface area contributed by atoms with Crippen molar-refractivity contribution >= 4 is 59.4 Å². The van der Waals surface area contributed by atoms with Crippen LogP contribution in [0, 0.1) is 16.2 Å². The Hall–Kier alpha value is -0.0700. The number of hydrogen-bond acceptors (Lipinski definition) is 2. The zero-order chi connectivity index (χ0) is 17.0. The molecule has 3 saturated carbocycles. The van der Waals surface area contributed by atoms with Crippen molar-refractivity contribution in [3.8, 4) is 5.75 Å². The molecule has 1 aromatic rings. The number of hydrogen-bond donors (Lipinski definition) is 1. The number of nitrogens with one attached hydrogen (secondary N) is 1. The molecule has 6 heteroatoms. The predicted molar refractivity (Wildman–Crippen MR) is 104 cm³/mol. The molecule has 3 aliphatic rings. The number of carbonyl (C=O) groups excluding carboxylic acids is 1. The number of anilines is 1.